The maximum absolute atomic E-state index is 5.77. The van der Waals surface area contributed by atoms with E-state index in [2.05, 4.69) is 42.0 Å². The molecule has 0 aliphatic heterocycles. The van der Waals surface area contributed by atoms with Crippen molar-refractivity contribution in [1.29, 1.82) is 0 Å². The largest absolute Gasteiger partial charge is 0.381 e. The van der Waals surface area contributed by atoms with Crippen molar-refractivity contribution in [1.82, 2.24) is 9.97 Å². The van der Waals surface area contributed by atoms with E-state index < -0.39 is 0 Å². The molecule has 88 valence electrons. The van der Waals surface area contributed by atoms with Crippen LogP contribution in [0.25, 0.3) is 0 Å². The summed E-state index contributed by atoms with van der Waals surface area (Å²) in [6, 6.07) is 6.33. The molecular weight excluding hydrogens is 230 g/mol. The average molecular weight is 245 g/mol. The van der Waals surface area contributed by atoms with Crippen LogP contribution in [0.4, 0.5) is 5.82 Å². The first kappa shape index (κ1) is 11.9. The molecule has 2 rings (SSSR count). The van der Waals surface area contributed by atoms with Crippen molar-refractivity contribution in [2.24, 2.45) is 0 Å². The summed E-state index contributed by atoms with van der Waals surface area (Å²) >= 11 is 1.63. The molecule has 0 saturated heterocycles. The monoisotopic (exact) mass is 245 g/mol. The number of aromatic nitrogens is 2. The topological polar surface area (TPSA) is 51.8 Å². The molecule has 0 saturated carbocycles. The van der Waals surface area contributed by atoms with E-state index in [1.165, 1.54) is 16.7 Å². The fourth-order valence-electron chi connectivity index (χ4n) is 1.66. The van der Waals surface area contributed by atoms with Gasteiger partial charge in [-0.1, -0.05) is 30.0 Å². The van der Waals surface area contributed by atoms with Gasteiger partial charge in [-0.15, -0.1) is 0 Å². The highest BCUT2D eigenvalue weighted by atomic mass is 32.2. The highest BCUT2D eigenvalue weighted by Crippen LogP contribution is 2.27. The van der Waals surface area contributed by atoms with E-state index in [0.717, 1.165) is 10.8 Å². The second kappa shape index (κ2) is 5.19. The molecule has 3 nitrogen and oxygen atoms in total. The normalized spacial score (nSPS) is 10.5. The van der Waals surface area contributed by atoms with Crippen LogP contribution >= 0.6 is 11.8 Å². The molecule has 2 N–H and O–H groups in total. The maximum Gasteiger partial charge on any atom is 0.156 e. The Kier molecular flexibility index (Phi) is 3.64. The molecule has 1 aromatic carbocycles. The fraction of sp³-hybridized carbons (Fsp3) is 0.231. The summed E-state index contributed by atoms with van der Waals surface area (Å²) in [6.07, 6.45) is 3.28. The van der Waals surface area contributed by atoms with E-state index in [9.17, 15) is 0 Å². The zero-order chi connectivity index (χ0) is 12.3. The van der Waals surface area contributed by atoms with Gasteiger partial charge in [0.1, 0.15) is 5.03 Å². The predicted octanol–water partition coefficient (Wildman–Crippen LogP) is 2.97. The number of hydrogen-bond acceptors (Lipinski definition) is 4. The van der Waals surface area contributed by atoms with Crippen LogP contribution in [-0.2, 0) is 5.75 Å². The minimum atomic E-state index is 0.503. The van der Waals surface area contributed by atoms with Crippen LogP contribution in [0.3, 0.4) is 0 Å². The lowest BCUT2D eigenvalue weighted by Crippen LogP contribution is -1.96. The summed E-state index contributed by atoms with van der Waals surface area (Å²) in [7, 11) is 0. The van der Waals surface area contributed by atoms with E-state index in [1.807, 2.05) is 0 Å². The number of nitrogen functional groups attached to an aromatic ring is 1. The van der Waals surface area contributed by atoms with E-state index in [1.54, 1.807) is 24.2 Å². The summed E-state index contributed by atoms with van der Waals surface area (Å²) in [5.41, 5.74) is 9.73. The van der Waals surface area contributed by atoms with Gasteiger partial charge in [0.15, 0.2) is 5.82 Å². The number of aryl methyl sites for hydroxylation is 2. The number of anilines is 1. The van der Waals surface area contributed by atoms with Gasteiger partial charge in [-0.2, -0.15) is 0 Å². The van der Waals surface area contributed by atoms with Gasteiger partial charge in [0.05, 0.1) is 0 Å². The zero-order valence-electron chi connectivity index (χ0n) is 9.97. The van der Waals surface area contributed by atoms with Crippen LogP contribution in [0.15, 0.2) is 35.6 Å². The van der Waals surface area contributed by atoms with Gasteiger partial charge in [-0.25, -0.2) is 9.97 Å². The molecule has 2 aromatic rings. The fourth-order valence-corrected chi connectivity index (χ4v) is 2.74. The van der Waals surface area contributed by atoms with Gasteiger partial charge in [-0.05, 0) is 30.5 Å². The number of nitrogens with two attached hydrogens (primary N) is 1. The number of nitrogens with zero attached hydrogens (tertiary/aromatic N) is 2. The number of benzene rings is 1. The lowest BCUT2D eigenvalue weighted by molar-refractivity contribution is 1.07. The Bertz CT molecular complexity index is 506. The van der Waals surface area contributed by atoms with Crippen LogP contribution in [0.1, 0.15) is 16.7 Å². The molecule has 1 heterocycles. The molecule has 1 aromatic heterocycles. The molecule has 0 aliphatic carbocycles. The van der Waals surface area contributed by atoms with E-state index in [0.29, 0.717) is 5.82 Å². The van der Waals surface area contributed by atoms with Crippen LogP contribution in [0, 0.1) is 13.8 Å². The van der Waals surface area contributed by atoms with Gasteiger partial charge in [0.25, 0.3) is 0 Å². The minimum Gasteiger partial charge on any atom is -0.381 e. The van der Waals surface area contributed by atoms with E-state index in [4.69, 9.17) is 5.73 Å². The summed E-state index contributed by atoms with van der Waals surface area (Å²) in [4.78, 5) is 8.26. The van der Waals surface area contributed by atoms with Crippen molar-refractivity contribution in [3.63, 3.8) is 0 Å². The highest BCUT2D eigenvalue weighted by Gasteiger charge is 2.06. The number of hydrogen-bond donors (Lipinski definition) is 1. The van der Waals surface area contributed by atoms with E-state index in [-0.39, 0.29) is 0 Å². The molecule has 0 amide bonds. The highest BCUT2D eigenvalue weighted by molar-refractivity contribution is 7.98. The SMILES string of the molecule is Cc1cccc(C)c1CSc1nccnc1N. The minimum absolute atomic E-state index is 0.503. The number of thioether (sulfide) groups is 1. The summed E-state index contributed by atoms with van der Waals surface area (Å²) < 4.78 is 0. The van der Waals surface area contributed by atoms with Gasteiger partial charge in [-0.3, -0.25) is 0 Å². The van der Waals surface area contributed by atoms with Gasteiger partial charge in [0, 0.05) is 18.1 Å². The second-order valence-electron chi connectivity index (χ2n) is 3.91. The first-order valence-electron chi connectivity index (χ1n) is 5.43. The smallest absolute Gasteiger partial charge is 0.156 e. The Morgan fingerprint density at radius 3 is 2.41 bits per heavy atom. The Morgan fingerprint density at radius 1 is 1.12 bits per heavy atom. The van der Waals surface area contributed by atoms with Gasteiger partial charge in [0.2, 0.25) is 0 Å². The van der Waals surface area contributed by atoms with E-state index >= 15 is 0 Å². The second-order valence-corrected chi connectivity index (χ2v) is 4.87. The molecule has 0 unspecified atom stereocenters. The third-order valence-corrected chi connectivity index (χ3v) is 3.71. The van der Waals surface area contributed by atoms with Crippen LogP contribution in [-0.4, -0.2) is 9.97 Å². The summed E-state index contributed by atoms with van der Waals surface area (Å²) in [5.74, 6) is 1.38. The standard InChI is InChI=1S/C13H15N3S/c1-9-4-3-5-10(2)11(9)8-17-13-12(14)15-6-7-16-13/h3-7H,8H2,1-2H3,(H2,14,15). The zero-order valence-corrected chi connectivity index (χ0v) is 10.8. The van der Waals surface area contributed by atoms with Gasteiger partial charge >= 0.3 is 0 Å². The van der Waals surface area contributed by atoms with Crippen LogP contribution in [0.2, 0.25) is 0 Å². The first-order chi connectivity index (χ1) is 8.18. The van der Waals surface area contributed by atoms with Crippen molar-refractivity contribution in [3.05, 3.63) is 47.3 Å². The molecule has 17 heavy (non-hydrogen) atoms. The third-order valence-electron chi connectivity index (χ3n) is 2.69. The van der Waals surface area contributed by atoms with Crippen LogP contribution in [0.5, 0.6) is 0 Å². The molecule has 4 heteroatoms. The Balaban J connectivity index is 2.16. The van der Waals surface area contributed by atoms with Crippen molar-refractivity contribution < 1.29 is 0 Å². The van der Waals surface area contributed by atoms with Crippen molar-refractivity contribution >= 4 is 17.6 Å². The Labute approximate surface area is 105 Å². The summed E-state index contributed by atoms with van der Waals surface area (Å²) in [5, 5.41) is 0.801. The molecule has 0 bridgehead atoms. The Morgan fingerprint density at radius 2 is 1.76 bits per heavy atom. The number of rotatable bonds is 3. The molecule has 0 fully saturated rings. The molecule has 0 radical (unpaired) electrons. The van der Waals surface area contributed by atoms with Gasteiger partial charge < -0.3 is 5.73 Å². The molecule has 0 atom stereocenters. The Hall–Kier alpha value is -1.55. The molecule has 0 spiro atoms. The van der Waals surface area contributed by atoms with Crippen molar-refractivity contribution in [2.75, 3.05) is 5.73 Å². The van der Waals surface area contributed by atoms with Crippen LogP contribution < -0.4 is 5.73 Å². The predicted molar refractivity (Wildman–Crippen MR) is 71.9 cm³/mol. The molecular formula is C13H15N3S. The first-order valence-corrected chi connectivity index (χ1v) is 6.41. The maximum atomic E-state index is 5.77. The quantitative estimate of drug-likeness (QED) is 0.845. The molecule has 0 aliphatic rings. The average Bonchev–Trinajstić information content (AvgIpc) is 2.30. The van der Waals surface area contributed by atoms with Crippen molar-refractivity contribution in [2.45, 2.75) is 24.6 Å². The third kappa shape index (κ3) is 2.77. The van der Waals surface area contributed by atoms with Crippen molar-refractivity contribution in [3.8, 4) is 0 Å². The summed E-state index contributed by atoms with van der Waals surface area (Å²) in [6.45, 7) is 4.26. The lowest BCUT2D eigenvalue weighted by Gasteiger charge is -2.09. The lowest BCUT2D eigenvalue weighted by atomic mass is 10.1.